The Kier molecular flexibility index (Phi) is 4.27. The van der Waals surface area contributed by atoms with Gasteiger partial charge in [0.1, 0.15) is 18.7 Å². The molecule has 102 valence electrons. The van der Waals surface area contributed by atoms with Crippen LogP contribution in [0.4, 0.5) is 0 Å². The molecule has 2 heterocycles. The summed E-state index contributed by atoms with van der Waals surface area (Å²) in [4.78, 5) is 16.2. The first-order valence-electron chi connectivity index (χ1n) is 6.39. The number of nitrogens with one attached hydrogen (secondary N) is 1. The maximum Gasteiger partial charge on any atom is 0.242 e. The van der Waals surface area contributed by atoms with Crippen molar-refractivity contribution in [2.45, 2.75) is 39.4 Å². The highest BCUT2D eigenvalue weighted by Crippen LogP contribution is 2.13. The Morgan fingerprint density at radius 3 is 2.89 bits per heavy atom. The minimum absolute atomic E-state index is 0.0822. The number of nitrogens with zero attached hydrogens (tertiary/aromatic N) is 5. The molecule has 1 N–H and O–H groups in total. The second-order valence-electron chi connectivity index (χ2n) is 4.17. The van der Waals surface area contributed by atoms with Crippen molar-refractivity contribution < 1.29 is 4.79 Å². The van der Waals surface area contributed by atoms with E-state index in [4.69, 9.17) is 0 Å². The Morgan fingerprint density at radius 2 is 2.26 bits per heavy atom. The molecule has 0 unspecified atom stereocenters. The van der Waals surface area contributed by atoms with Crippen LogP contribution in [0.2, 0.25) is 0 Å². The van der Waals surface area contributed by atoms with E-state index in [1.807, 2.05) is 13.8 Å². The SMILES string of the molecule is CC[C@H](NC(=O)Cn1cccn1)c1ncnn1CC. The maximum atomic E-state index is 11.9. The normalized spacial score (nSPS) is 12.3. The molecule has 1 amide bonds. The molecule has 2 aromatic heterocycles. The number of carbonyl (C=O) groups is 1. The fourth-order valence-corrected chi connectivity index (χ4v) is 1.92. The van der Waals surface area contributed by atoms with Crippen LogP contribution >= 0.6 is 0 Å². The van der Waals surface area contributed by atoms with Crippen molar-refractivity contribution in [2.24, 2.45) is 0 Å². The molecule has 0 aliphatic heterocycles. The van der Waals surface area contributed by atoms with Gasteiger partial charge < -0.3 is 5.32 Å². The molecule has 2 aromatic rings. The predicted molar refractivity (Wildman–Crippen MR) is 69.1 cm³/mol. The van der Waals surface area contributed by atoms with Crippen LogP contribution in [0.15, 0.2) is 24.8 Å². The van der Waals surface area contributed by atoms with E-state index in [0.717, 1.165) is 18.8 Å². The quantitative estimate of drug-likeness (QED) is 0.833. The number of aromatic nitrogens is 5. The molecule has 7 nitrogen and oxygen atoms in total. The topological polar surface area (TPSA) is 77.6 Å². The van der Waals surface area contributed by atoms with Crippen LogP contribution in [0, 0.1) is 0 Å². The highest BCUT2D eigenvalue weighted by molar-refractivity contribution is 5.76. The third kappa shape index (κ3) is 3.18. The maximum absolute atomic E-state index is 11.9. The second-order valence-corrected chi connectivity index (χ2v) is 4.17. The number of amides is 1. The molecule has 1 atom stereocenters. The molecule has 0 aliphatic carbocycles. The number of hydrogen-bond acceptors (Lipinski definition) is 4. The van der Waals surface area contributed by atoms with E-state index in [1.54, 1.807) is 27.8 Å². The summed E-state index contributed by atoms with van der Waals surface area (Å²) in [5, 5.41) is 11.1. The van der Waals surface area contributed by atoms with Crippen molar-refractivity contribution in [3.8, 4) is 0 Å². The Hall–Kier alpha value is -2.18. The van der Waals surface area contributed by atoms with E-state index in [1.165, 1.54) is 6.33 Å². The van der Waals surface area contributed by atoms with Gasteiger partial charge in [-0.15, -0.1) is 0 Å². The van der Waals surface area contributed by atoms with Gasteiger partial charge in [-0.2, -0.15) is 10.2 Å². The number of carbonyl (C=O) groups excluding carboxylic acids is 1. The monoisotopic (exact) mass is 262 g/mol. The summed E-state index contributed by atoms with van der Waals surface area (Å²) in [6, 6.07) is 1.67. The van der Waals surface area contributed by atoms with Crippen molar-refractivity contribution in [2.75, 3.05) is 0 Å². The Bertz CT molecular complexity index is 518. The molecular weight excluding hydrogens is 244 g/mol. The van der Waals surface area contributed by atoms with Gasteiger partial charge in [0.15, 0.2) is 0 Å². The lowest BCUT2D eigenvalue weighted by molar-refractivity contribution is -0.122. The largest absolute Gasteiger partial charge is 0.344 e. The average Bonchev–Trinajstić information content (AvgIpc) is 3.06. The van der Waals surface area contributed by atoms with Gasteiger partial charge in [0.25, 0.3) is 0 Å². The molecule has 0 saturated carbocycles. The van der Waals surface area contributed by atoms with Gasteiger partial charge in [-0.3, -0.25) is 9.48 Å². The lowest BCUT2D eigenvalue weighted by Gasteiger charge is -2.16. The van der Waals surface area contributed by atoms with Crippen molar-refractivity contribution >= 4 is 5.91 Å². The summed E-state index contributed by atoms with van der Waals surface area (Å²) in [5.41, 5.74) is 0. The van der Waals surface area contributed by atoms with Crippen molar-refractivity contribution in [3.63, 3.8) is 0 Å². The fraction of sp³-hybridized carbons (Fsp3) is 0.500. The lowest BCUT2D eigenvalue weighted by atomic mass is 10.2. The molecule has 0 bridgehead atoms. The zero-order valence-electron chi connectivity index (χ0n) is 11.2. The molecule has 2 rings (SSSR count). The summed E-state index contributed by atoms with van der Waals surface area (Å²) < 4.78 is 3.38. The van der Waals surface area contributed by atoms with Gasteiger partial charge in [0, 0.05) is 18.9 Å². The van der Waals surface area contributed by atoms with E-state index in [9.17, 15) is 4.79 Å². The minimum Gasteiger partial charge on any atom is -0.344 e. The molecule has 0 aromatic carbocycles. The van der Waals surface area contributed by atoms with Crippen LogP contribution in [0.1, 0.15) is 32.1 Å². The molecule has 0 spiro atoms. The van der Waals surface area contributed by atoms with Crippen LogP contribution < -0.4 is 5.32 Å². The highest BCUT2D eigenvalue weighted by Gasteiger charge is 2.18. The van der Waals surface area contributed by atoms with E-state index >= 15 is 0 Å². The first-order valence-corrected chi connectivity index (χ1v) is 6.39. The summed E-state index contributed by atoms with van der Waals surface area (Å²) >= 11 is 0. The summed E-state index contributed by atoms with van der Waals surface area (Å²) in [6.07, 6.45) is 5.69. The van der Waals surface area contributed by atoms with Gasteiger partial charge in [-0.1, -0.05) is 6.92 Å². The second kappa shape index (κ2) is 6.12. The number of rotatable bonds is 6. The smallest absolute Gasteiger partial charge is 0.242 e. The van der Waals surface area contributed by atoms with E-state index in [2.05, 4.69) is 20.5 Å². The first-order chi connectivity index (χ1) is 9.24. The van der Waals surface area contributed by atoms with Gasteiger partial charge in [-0.25, -0.2) is 9.67 Å². The Labute approximate surface area is 111 Å². The number of hydrogen-bond donors (Lipinski definition) is 1. The lowest BCUT2D eigenvalue weighted by Crippen LogP contribution is -2.33. The average molecular weight is 262 g/mol. The van der Waals surface area contributed by atoms with Crippen LogP contribution in [0.5, 0.6) is 0 Å². The van der Waals surface area contributed by atoms with Gasteiger partial charge in [0.05, 0.1) is 6.04 Å². The zero-order valence-corrected chi connectivity index (χ0v) is 11.2. The molecule has 0 aliphatic rings. The van der Waals surface area contributed by atoms with Crippen LogP contribution in [-0.2, 0) is 17.9 Å². The summed E-state index contributed by atoms with van der Waals surface area (Å²) in [7, 11) is 0. The van der Waals surface area contributed by atoms with Gasteiger partial charge in [-0.05, 0) is 19.4 Å². The summed E-state index contributed by atoms with van der Waals surface area (Å²) in [6.45, 7) is 4.95. The third-order valence-electron chi connectivity index (χ3n) is 2.86. The van der Waals surface area contributed by atoms with E-state index in [0.29, 0.717) is 0 Å². The molecule has 0 saturated heterocycles. The van der Waals surface area contributed by atoms with Crippen LogP contribution in [0.25, 0.3) is 0 Å². The Balaban J connectivity index is 2.01. The summed E-state index contributed by atoms with van der Waals surface area (Å²) in [5.74, 6) is 0.708. The molecular formula is C12H18N6O. The predicted octanol–water partition coefficient (Wildman–Crippen LogP) is 0.762. The highest BCUT2D eigenvalue weighted by atomic mass is 16.2. The van der Waals surface area contributed by atoms with Crippen LogP contribution in [0.3, 0.4) is 0 Å². The Morgan fingerprint density at radius 1 is 1.42 bits per heavy atom. The van der Waals surface area contributed by atoms with Crippen LogP contribution in [-0.4, -0.2) is 30.5 Å². The van der Waals surface area contributed by atoms with E-state index in [-0.39, 0.29) is 18.5 Å². The van der Waals surface area contributed by atoms with Crippen molar-refractivity contribution in [1.82, 2.24) is 29.9 Å². The fourth-order valence-electron chi connectivity index (χ4n) is 1.92. The van der Waals surface area contributed by atoms with Crippen molar-refractivity contribution in [3.05, 3.63) is 30.6 Å². The molecule has 7 heteroatoms. The standard InChI is InChI=1S/C12H18N6O/c1-3-10(12-13-9-15-18(12)4-2)16-11(19)8-17-7-5-6-14-17/h5-7,9-10H,3-4,8H2,1-2H3,(H,16,19)/t10-/m0/s1. The van der Waals surface area contributed by atoms with E-state index < -0.39 is 0 Å². The number of aryl methyl sites for hydroxylation is 1. The molecule has 0 radical (unpaired) electrons. The zero-order chi connectivity index (χ0) is 13.7. The molecule has 19 heavy (non-hydrogen) atoms. The third-order valence-corrected chi connectivity index (χ3v) is 2.86. The van der Waals surface area contributed by atoms with Gasteiger partial charge in [0.2, 0.25) is 5.91 Å². The minimum atomic E-state index is -0.120. The molecule has 0 fully saturated rings. The van der Waals surface area contributed by atoms with Crippen molar-refractivity contribution in [1.29, 1.82) is 0 Å². The first kappa shape index (κ1) is 13.3. The van der Waals surface area contributed by atoms with Gasteiger partial charge >= 0.3 is 0 Å².